The summed E-state index contributed by atoms with van der Waals surface area (Å²) in [5.74, 6) is 0. The van der Waals surface area contributed by atoms with Gasteiger partial charge in [0.1, 0.15) is 0 Å². The third-order valence-corrected chi connectivity index (χ3v) is 4.71. The van der Waals surface area contributed by atoms with Crippen LogP contribution in [0, 0.1) is 0 Å². The highest BCUT2D eigenvalue weighted by molar-refractivity contribution is 8.14. The number of carbonyl (C=O) groups excluding carboxylic acids is 1. The van der Waals surface area contributed by atoms with Crippen LogP contribution in [-0.4, -0.2) is 10.4 Å². The molecule has 0 aliphatic carbocycles. The Kier molecular flexibility index (Phi) is 13.5. The molecule has 0 rings (SSSR count). The molecule has 0 aliphatic heterocycles. The molecule has 0 aromatic heterocycles. The predicted molar refractivity (Wildman–Crippen MR) is 84.2 cm³/mol. The molecule has 0 bridgehead atoms. The van der Waals surface area contributed by atoms with E-state index in [1.165, 1.54) is 51.4 Å². The maximum Gasteiger partial charge on any atom is 0.189 e. The molecule has 0 saturated heterocycles. The van der Waals surface area contributed by atoms with Gasteiger partial charge in [-0.25, -0.2) is 0 Å². The molecule has 0 fully saturated rings. The predicted octanol–water partition coefficient (Wildman–Crippen LogP) is 5.97. The van der Waals surface area contributed by atoms with Gasteiger partial charge in [-0.3, -0.25) is 4.79 Å². The standard InChI is InChI=1S/C16H32OS/c1-4-7-8-9-10-11-12-14-15(6-3)18-16(17)13-5-2/h15H,4-14H2,1-3H3. The van der Waals surface area contributed by atoms with Crippen LogP contribution in [0.2, 0.25) is 0 Å². The van der Waals surface area contributed by atoms with Crippen LogP contribution < -0.4 is 0 Å². The van der Waals surface area contributed by atoms with Crippen molar-refractivity contribution in [1.29, 1.82) is 0 Å². The topological polar surface area (TPSA) is 17.1 Å². The molecule has 1 unspecified atom stereocenters. The smallest absolute Gasteiger partial charge is 0.189 e. The average molecular weight is 272 g/mol. The molecule has 0 spiro atoms. The highest BCUT2D eigenvalue weighted by Crippen LogP contribution is 2.23. The Morgan fingerprint density at radius 2 is 1.50 bits per heavy atom. The SMILES string of the molecule is CCCCCCCCCC(CC)SC(=O)CCC. The molecule has 108 valence electrons. The van der Waals surface area contributed by atoms with E-state index < -0.39 is 0 Å². The van der Waals surface area contributed by atoms with E-state index in [4.69, 9.17) is 0 Å². The fourth-order valence-corrected chi connectivity index (χ4v) is 3.27. The number of rotatable bonds is 12. The van der Waals surface area contributed by atoms with E-state index in [2.05, 4.69) is 20.8 Å². The van der Waals surface area contributed by atoms with E-state index >= 15 is 0 Å². The van der Waals surface area contributed by atoms with Crippen LogP contribution in [0.25, 0.3) is 0 Å². The van der Waals surface area contributed by atoms with E-state index in [-0.39, 0.29) is 0 Å². The first-order valence-corrected chi connectivity index (χ1v) is 8.81. The van der Waals surface area contributed by atoms with Crippen LogP contribution >= 0.6 is 11.8 Å². The molecule has 1 nitrogen and oxygen atoms in total. The number of hydrogen-bond donors (Lipinski definition) is 0. The van der Waals surface area contributed by atoms with Crippen molar-refractivity contribution in [3.8, 4) is 0 Å². The first kappa shape index (κ1) is 18.0. The lowest BCUT2D eigenvalue weighted by molar-refractivity contribution is -0.111. The first-order chi connectivity index (χ1) is 8.74. The van der Waals surface area contributed by atoms with Crippen molar-refractivity contribution in [3.63, 3.8) is 0 Å². The van der Waals surface area contributed by atoms with Crippen LogP contribution in [0.5, 0.6) is 0 Å². The van der Waals surface area contributed by atoms with Gasteiger partial charge in [0.05, 0.1) is 0 Å². The number of hydrogen-bond acceptors (Lipinski definition) is 2. The Bertz CT molecular complexity index is 192. The quantitative estimate of drug-likeness (QED) is 0.407. The second-order valence-electron chi connectivity index (χ2n) is 5.18. The normalized spacial score (nSPS) is 12.6. The van der Waals surface area contributed by atoms with Crippen molar-refractivity contribution in [2.24, 2.45) is 0 Å². The van der Waals surface area contributed by atoms with Gasteiger partial charge in [0.2, 0.25) is 0 Å². The van der Waals surface area contributed by atoms with Crippen molar-refractivity contribution in [2.45, 2.75) is 96.7 Å². The van der Waals surface area contributed by atoms with Gasteiger partial charge in [-0.2, -0.15) is 0 Å². The molecule has 0 radical (unpaired) electrons. The largest absolute Gasteiger partial charge is 0.287 e. The highest BCUT2D eigenvalue weighted by atomic mass is 32.2. The van der Waals surface area contributed by atoms with Gasteiger partial charge in [0, 0.05) is 11.7 Å². The Morgan fingerprint density at radius 1 is 0.889 bits per heavy atom. The van der Waals surface area contributed by atoms with Crippen molar-refractivity contribution in [1.82, 2.24) is 0 Å². The van der Waals surface area contributed by atoms with Crippen LogP contribution in [0.3, 0.4) is 0 Å². The van der Waals surface area contributed by atoms with Crippen molar-refractivity contribution in [3.05, 3.63) is 0 Å². The zero-order valence-corrected chi connectivity index (χ0v) is 13.5. The first-order valence-electron chi connectivity index (χ1n) is 7.94. The lowest BCUT2D eigenvalue weighted by atomic mass is 10.1. The van der Waals surface area contributed by atoms with Gasteiger partial charge in [-0.15, -0.1) is 0 Å². The fourth-order valence-electron chi connectivity index (χ4n) is 2.12. The summed E-state index contributed by atoms with van der Waals surface area (Å²) < 4.78 is 0. The fraction of sp³-hybridized carbons (Fsp3) is 0.938. The molecule has 2 heteroatoms. The minimum absolute atomic E-state index is 0.396. The molecule has 0 saturated carbocycles. The van der Waals surface area contributed by atoms with Gasteiger partial charge in [0.25, 0.3) is 0 Å². The third kappa shape index (κ3) is 11.1. The summed E-state index contributed by atoms with van der Waals surface area (Å²) >= 11 is 1.60. The molecule has 0 amide bonds. The second kappa shape index (κ2) is 13.5. The van der Waals surface area contributed by atoms with Crippen molar-refractivity contribution >= 4 is 16.9 Å². The summed E-state index contributed by atoms with van der Waals surface area (Å²) in [7, 11) is 0. The zero-order valence-electron chi connectivity index (χ0n) is 12.7. The van der Waals surface area contributed by atoms with E-state index in [1.807, 2.05) is 0 Å². The summed E-state index contributed by atoms with van der Waals surface area (Å²) in [6.07, 6.45) is 13.6. The molecule has 0 aliphatic rings. The van der Waals surface area contributed by atoms with Gasteiger partial charge < -0.3 is 0 Å². The molecule has 0 aromatic carbocycles. The summed E-state index contributed by atoms with van der Waals surface area (Å²) in [5, 5.41) is 0.965. The van der Waals surface area contributed by atoms with Crippen LogP contribution in [0.15, 0.2) is 0 Å². The zero-order chi connectivity index (χ0) is 13.6. The minimum Gasteiger partial charge on any atom is -0.287 e. The molecular weight excluding hydrogens is 240 g/mol. The average Bonchev–Trinajstić information content (AvgIpc) is 2.36. The van der Waals surface area contributed by atoms with E-state index in [0.717, 1.165) is 19.3 Å². The molecule has 0 N–H and O–H groups in total. The minimum atomic E-state index is 0.396. The lowest BCUT2D eigenvalue weighted by Crippen LogP contribution is -2.05. The molecule has 18 heavy (non-hydrogen) atoms. The van der Waals surface area contributed by atoms with Gasteiger partial charge in [-0.1, -0.05) is 77.5 Å². The third-order valence-electron chi connectivity index (χ3n) is 3.34. The maximum absolute atomic E-state index is 11.6. The Morgan fingerprint density at radius 3 is 2.06 bits per heavy atom. The second-order valence-corrected chi connectivity index (χ2v) is 6.54. The highest BCUT2D eigenvalue weighted by Gasteiger charge is 2.11. The van der Waals surface area contributed by atoms with Crippen LogP contribution in [0.1, 0.15) is 91.4 Å². The lowest BCUT2D eigenvalue weighted by Gasteiger charge is -2.13. The monoisotopic (exact) mass is 272 g/mol. The van der Waals surface area contributed by atoms with Gasteiger partial charge >= 0.3 is 0 Å². The van der Waals surface area contributed by atoms with Gasteiger partial charge in [0.15, 0.2) is 5.12 Å². The molecule has 0 heterocycles. The van der Waals surface area contributed by atoms with Gasteiger partial charge in [-0.05, 0) is 19.3 Å². The van der Waals surface area contributed by atoms with Crippen molar-refractivity contribution in [2.75, 3.05) is 0 Å². The Labute approximate surface area is 118 Å². The van der Waals surface area contributed by atoms with Crippen LogP contribution in [-0.2, 0) is 4.79 Å². The summed E-state index contributed by atoms with van der Waals surface area (Å²) in [6, 6.07) is 0. The molecule has 1 atom stereocenters. The summed E-state index contributed by atoms with van der Waals surface area (Å²) in [6.45, 7) is 6.55. The Hall–Kier alpha value is 0.0200. The van der Waals surface area contributed by atoms with E-state index in [9.17, 15) is 4.79 Å². The summed E-state index contributed by atoms with van der Waals surface area (Å²) in [5.41, 5.74) is 0. The van der Waals surface area contributed by atoms with E-state index in [0.29, 0.717) is 10.4 Å². The number of unbranched alkanes of at least 4 members (excludes halogenated alkanes) is 6. The number of thioether (sulfide) groups is 1. The van der Waals surface area contributed by atoms with Crippen molar-refractivity contribution < 1.29 is 4.79 Å². The Balaban J connectivity index is 3.46. The molecule has 0 aromatic rings. The molecular formula is C16H32OS. The van der Waals surface area contributed by atoms with E-state index in [1.54, 1.807) is 11.8 Å². The number of carbonyl (C=O) groups is 1. The summed E-state index contributed by atoms with van der Waals surface area (Å²) in [4.78, 5) is 11.6. The maximum atomic E-state index is 11.6. The van der Waals surface area contributed by atoms with Crippen LogP contribution in [0.4, 0.5) is 0 Å².